The van der Waals surface area contributed by atoms with Crippen LogP contribution in [-0.2, 0) is 5.75 Å². The van der Waals surface area contributed by atoms with Gasteiger partial charge in [-0.15, -0.1) is 21.5 Å². The Morgan fingerprint density at radius 2 is 1.71 bits per heavy atom. The second kappa shape index (κ2) is 12.9. The SMILES string of the molecule is CCOc1ccccc1N1CCN(C(=O)c2csc(CSc3nnc(-c4ccncc4)n3-c3ccccc3Cl)n2)CC1. The molecule has 0 radical (unpaired) electrons. The summed E-state index contributed by atoms with van der Waals surface area (Å²) in [7, 11) is 0. The van der Waals surface area contributed by atoms with Crippen molar-refractivity contribution in [3.8, 4) is 22.8 Å². The Morgan fingerprint density at radius 1 is 0.976 bits per heavy atom. The number of hydrogen-bond acceptors (Lipinski definition) is 9. The maximum absolute atomic E-state index is 13.3. The molecule has 1 saturated heterocycles. The topological polar surface area (TPSA) is 89.3 Å². The van der Waals surface area contributed by atoms with E-state index in [1.54, 1.807) is 12.4 Å². The minimum atomic E-state index is -0.0422. The molecule has 0 saturated carbocycles. The molecule has 5 aromatic rings. The van der Waals surface area contributed by atoms with Crippen LogP contribution in [0.3, 0.4) is 0 Å². The van der Waals surface area contributed by atoms with Crippen molar-refractivity contribution >= 4 is 46.3 Å². The first-order valence-corrected chi connectivity index (χ1v) is 15.8. The van der Waals surface area contributed by atoms with Gasteiger partial charge < -0.3 is 14.5 Å². The fraction of sp³-hybridized carbons (Fsp3) is 0.233. The van der Waals surface area contributed by atoms with Gasteiger partial charge in [-0.25, -0.2) is 4.98 Å². The molecule has 0 atom stereocenters. The van der Waals surface area contributed by atoms with Gasteiger partial charge in [0.1, 0.15) is 16.5 Å². The number of pyridine rings is 1. The van der Waals surface area contributed by atoms with Crippen LogP contribution >= 0.6 is 34.7 Å². The summed E-state index contributed by atoms with van der Waals surface area (Å²) in [6.07, 6.45) is 3.45. The van der Waals surface area contributed by atoms with Gasteiger partial charge in [-0.1, -0.05) is 47.6 Å². The highest BCUT2D eigenvalue weighted by atomic mass is 35.5. The number of aromatic nitrogens is 5. The number of hydrogen-bond donors (Lipinski definition) is 0. The molecule has 1 aliphatic heterocycles. The van der Waals surface area contributed by atoms with Crippen LogP contribution < -0.4 is 9.64 Å². The molecule has 0 bridgehead atoms. The Bertz CT molecular complexity index is 1670. The minimum absolute atomic E-state index is 0.0422. The number of ether oxygens (including phenoxy) is 1. The molecular formula is C30H28ClN7O2S2. The molecule has 42 heavy (non-hydrogen) atoms. The van der Waals surface area contributed by atoms with E-state index >= 15 is 0 Å². The largest absolute Gasteiger partial charge is 0.492 e. The standard InChI is InChI=1S/C30H28ClN7O2S2/c1-2-40-26-10-6-5-9-25(26)36-15-17-37(18-16-36)29(39)23-19-41-27(33-23)20-42-30-35-34-28(21-11-13-32-14-12-21)38(30)24-8-4-3-7-22(24)31/h3-14,19H,2,15-18,20H2,1H3. The summed E-state index contributed by atoms with van der Waals surface area (Å²) in [4.78, 5) is 26.3. The van der Waals surface area contributed by atoms with Crippen LogP contribution in [0.15, 0.2) is 83.6 Å². The first-order valence-electron chi connectivity index (χ1n) is 13.6. The molecule has 0 aliphatic carbocycles. The van der Waals surface area contributed by atoms with Crippen LogP contribution in [0.2, 0.25) is 5.02 Å². The highest BCUT2D eigenvalue weighted by Gasteiger charge is 2.26. The number of thioether (sulfide) groups is 1. The van der Waals surface area contributed by atoms with Crippen molar-refractivity contribution in [3.05, 3.63) is 94.2 Å². The van der Waals surface area contributed by atoms with E-state index in [0.717, 1.165) is 40.8 Å². The van der Waals surface area contributed by atoms with E-state index in [2.05, 4.69) is 31.1 Å². The molecular weight excluding hydrogens is 590 g/mol. The third kappa shape index (κ3) is 5.99. The van der Waals surface area contributed by atoms with Crippen LogP contribution in [0.5, 0.6) is 5.75 Å². The fourth-order valence-corrected chi connectivity index (χ4v) is 6.76. The summed E-state index contributed by atoms with van der Waals surface area (Å²) in [5, 5.41) is 12.9. The van der Waals surface area contributed by atoms with Gasteiger partial charge >= 0.3 is 0 Å². The van der Waals surface area contributed by atoms with Crippen molar-refractivity contribution in [2.45, 2.75) is 17.8 Å². The summed E-state index contributed by atoms with van der Waals surface area (Å²) in [5.41, 5.74) is 3.21. The van der Waals surface area contributed by atoms with Gasteiger partial charge in [0.25, 0.3) is 5.91 Å². The maximum Gasteiger partial charge on any atom is 0.273 e. The van der Waals surface area contributed by atoms with E-state index < -0.39 is 0 Å². The molecule has 4 heterocycles. The number of para-hydroxylation sites is 3. The Balaban J connectivity index is 1.13. The Kier molecular flexibility index (Phi) is 8.68. The van der Waals surface area contributed by atoms with E-state index in [0.29, 0.717) is 47.1 Å². The zero-order valence-electron chi connectivity index (χ0n) is 22.9. The number of amides is 1. The number of benzene rings is 2. The van der Waals surface area contributed by atoms with Crippen LogP contribution in [0.4, 0.5) is 5.69 Å². The number of thiazole rings is 1. The van der Waals surface area contributed by atoms with Gasteiger partial charge in [0.15, 0.2) is 11.0 Å². The average Bonchev–Trinajstić information content (AvgIpc) is 3.68. The number of carbonyl (C=O) groups excluding carboxylic acids is 1. The van der Waals surface area contributed by atoms with Crippen LogP contribution in [0, 0.1) is 0 Å². The second-order valence-electron chi connectivity index (χ2n) is 9.42. The van der Waals surface area contributed by atoms with E-state index in [9.17, 15) is 4.79 Å². The lowest BCUT2D eigenvalue weighted by Gasteiger charge is -2.36. The number of nitrogens with zero attached hydrogens (tertiary/aromatic N) is 7. The highest BCUT2D eigenvalue weighted by Crippen LogP contribution is 2.33. The smallest absolute Gasteiger partial charge is 0.273 e. The Labute approximate surface area is 257 Å². The third-order valence-corrected chi connectivity index (χ3v) is 9.12. The van der Waals surface area contributed by atoms with Gasteiger partial charge in [-0.05, 0) is 43.3 Å². The van der Waals surface area contributed by atoms with Gasteiger partial charge in [0.2, 0.25) is 0 Å². The van der Waals surface area contributed by atoms with Crippen LogP contribution in [0.1, 0.15) is 22.4 Å². The van der Waals surface area contributed by atoms with Crippen molar-refractivity contribution < 1.29 is 9.53 Å². The second-order valence-corrected chi connectivity index (χ2v) is 11.7. The average molecular weight is 618 g/mol. The van der Waals surface area contributed by atoms with E-state index in [-0.39, 0.29) is 5.91 Å². The number of rotatable bonds is 9. The first kappa shape index (κ1) is 28.2. The van der Waals surface area contributed by atoms with E-state index in [4.69, 9.17) is 16.3 Å². The maximum atomic E-state index is 13.3. The van der Waals surface area contributed by atoms with Crippen molar-refractivity contribution in [2.75, 3.05) is 37.7 Å². The Morgan fingerprint density at radius 3 is 2.48 bits per heavy atom. The van der Waals surface area contributed by atoms with Gasteiger partial charge in [0.05, 0.1) is 28.8 Å². The van der Waals surface area contributed by atoms with E-state index in [1.165, 1.54) is 23.1 Å². The normalized spacial score (nSPS) is 13.4. The van der Waals surface area contributed by atoms with Gasteiger partial charge in [-0.3, -0.25) is 14.3 Å². The molecule has 3 aromatic heterocycles. The zero-order chi connectivity index (χ0) is 28.9. The molecule has 0 spiro atoms. The molecule has 12 heteroatoms. The molecule has 214 valence electrons. The van der Waals surface area contributed by atoms with Crippen molar-refractivity contribution in [2.24, 2.45) is 0 Å². The number of anilines is 1. The number of piperazine rings is 1. The minimum Gasteiger partial charge on any atom is -0.492 e. The molecule has 0 N–H and O–H groups in total. The van der Waals surface area contributed by atoms with Crippen LogP contribution in [-0.4, -0.2) is 68.3 Å². The monoisotopic (exact) mass is 617 g/mol. The zero-order valence-corrected chi connectivity index (χ0v) is 25.3. The molecule has 1 amide bonds. The van der Waals surface area contributed by atoms with E-state index in [1.807, 2.05) is 76.4 Å². The summed E-state index contributed by atoms with van der Waals surface area (Å²) in [5.74, 6) is 2.05. The molecule has 0 unspecified atom stereocenters. The van der Waals surface area contributed by atoms with Crippen molar-refractivity contribution in [1.29, 1.82) is 0 Å². The van der Waals surface area contributed by atoms with Gasteiger partial charge in [0, 0.05) is 49.5 Å². The molecule has 1 fully saturated rings. The summed E-state index contributed by atoms with van der Waals surface area (Å²) in [6.45, 7) is 5.32. The quantitative estimate of drug-likeness (QED) is 0.184. The van der Waals surface area contributed by atoms with Gasteiger partial charge in [-0.2, -0.15) is 0 Å². The molecule has 6 rings (SSSR count). The fourth-order valence-electron chi connectivity index (χ4n) is 4.81. The highest BCUT2D eigenvalue weighted by molar-refractivity contribution is 7.98. The predicted molar refractivity (Wildman–Crippen MR) is 167 cm³/mol. The lowest BCUT2D eigenvalue weighted by Crippen LogP contribution is -2.49. The summed E-state index contributed by atoms with van der Waals surface area (Å²) >= 11 is 9.56. The molecule has 9 nitrogen and oxygen atoms in total. The first-order chi connectivity index (χ1) is 20.6. The molecule has 2 aromatic carbocycles. The van der Waals surface area contributed by atoms with Crippen molar-refractivity contribution in [3.63, 3.8) is 0 Å². The summed E-state index contributed by atoms with van der Waals surface area (Å²) < 4.78 is 7.75. The van der Waals surface area contributed by atoms with Crippen LogP contribution in [0.25, 0.3) is 17.1 Å². The Hall–Kier alpha value is -3.93. The molecule has 1 aliphatic rings. The number of halogens is 1. The number of carbonyl (C=O) groups is 1. The lowest BCUT2D eigenvalue weighted by atomic mass is 10.2. The summed E-state index contributed by atoms with van der Waals surface area (Å²) in [6, 6.07) is 19.4. The van der Waals surface area contributed by atoms with Crippen molar-refractivity contribution in [1.82, 2.24) is 29.6 Å². The lowest BCUT2D eigenvalue weighted by molar-refractivity contribution is 0.0741. The third-order valence-electron chi connectivity index (χ3n) is 6.83. The predicted octanol–water partition coefficient (Wildman–Crippen LogP) is 6.09.